The van der Waals surface area contributed by atoms with Crippen LogP contribution in [0.4, 0.5) is 18.9 Å². The lowest BCUT2D eigenvalue weighted by Crippen LogP contribution is -2.12. The molecule has 0 atom stereocenters. The topological polar surface area (TPSA) is 34.0 Å². The summed E-state index contributed by atoms with van der Waals surface area (Å²) >= 11 is 6.11. The molecule has 0 radical (unpaired) electrons. The molecule has 0 saturated carbocycles. The minimum Gasteiger partial charge on any atom is -0.341 e. The highest BCUT2D eigenvalue weighted by molar-refractivity contribution is 6.34. The summed E-state index contributed by atoms with van der Waals surface area (Å²) in [5.74, 6) is -0.335. The van der Waals surface area contributed by atoms with Crippen LogP contribution in [0.5, 0.6) is 0 Å². The maximum Gasteiger partial charge on any atom is 0.416 e. The van der Waals surface area contributed by atoms with Crippen LogP contribution in [0.2, 0.25) is 5.02 Å². The molecular weight excluding hydrogens is 413 g/mol. The van der Waals surface area contributed by atoms with Crippen LogP contribution in [-0.2, 0) is 12.7 Å². The first-order valence-corrected chi connectivity index (χ1v) is 9.50. The fourth-order valence-corrected chi connectivity index (χ4v) is 3.53. The molecule has 0 fully saturated rings. The van der Waals surface area contributed by atoms with Gasteiger partial charge in [-0.2, -0.15) is 13.2 Å². The van der Waals surface area contributed by atoms with Gasteiger partial charge in [-0.25, -0.2) is 0 Å². The molecule has 0 bridgehead atoms. The molecule has 1 aromatic heterocycles. The zero-order valence-corrected chi connectivity index (χ0v) is 16.3. The molecular formula is C23H16ClF3N2O. The standard InChI is InChI=1S/C23H16ClF3N2O/c24-19-7-3-1-5-17(19)22(30)28-20-14-29(21-8-4-2-6-18(20)21)13-15-9-11-16(12-10-15)23(25,26)27/h1-12,14H,13H2,(H,28,30). The lowest BCUT2D eigenvalue weighted by molar-refractivity contribution is -0.137. The molecule has 30 heavy (non-hydrogen) atoms. The van der Waals surface area contributed by atoms with Crippen molar-refractivity contribution in [3.63, 3.8) is 0 Å². The number of benzene rings is 3. The Kier molecular flexibility index (Phi) is 5.26. The van der Waals surface area contributed by atoms with E-state index in [1.165, 1.54) is 12.1 Å². The Balaban J connectivity index is 1.64. The van der Waals surface area contributed by atoms with Gasteiger partial charge >= 0.3 is 6.18 Å². The monoisotopic (exact) mass is 428 g/mol. The van der Waals surface area contributed by atoms with Crippen LogP contribution < -0.4 is 5.32 Å². The second-order valence-corrected chi connectivity index (χ2v) is 7.22. The van der Waals surface area contributed by atoms with Crippen molar-refractivity contribution < 1.29 is 18.0 Å². The van der Waals surface area contributed by atoms with Crippen LogP contribution in [0.25, 0.3) is 10.9 Å². The van der Waals surface area contributed by atoms with Gasteiger partial charge in [0.1, 0.15) is 0 Å². The number of anilines is 1. The van der Waals surface area contributed by atoms with Crippen LogP contribution >= 0.6 is 11.6 Å². The van der Waals surface area contributed by atoms with Gasteiger partial charge < -0.3 is 9.88 Å². The van der Waals surface area contributed by atoms with E-state index in [1.54, 1.807) is 30.5 Å². The fraction of sp³-hybridized carbons (Fsp3) is 0.0870. The van der Waals surface area contributed by atoms with Crippen LogP contribution in [0.15, 0.2) is 79.0 Å². The molecule has 1 heterocycles. The number of nitrogens with zero attached hydrogens (tertiary/aromatic N) is 1. The largest absolute Gasteiger partial charge is 0.416 e. The Bertz CT molecular complexity index is 1210. The van der Waals surface area contributed by atoms with E-state index in [4.69, 9.17) is 11.6 Å². The summed E-state index contributed by atoms with van der Waals surface area (Å²) in [4.78, 5) is 12.7. The molecule has 1 N–H and O–H groups in total. The van der Waals surface area contributed by atoms with Gasteiger partial charge in [0.05, 0.1) is 27.4 Å². The number of amides is 1. The van der Waals surface area contributed by atoms with E-state index < -0.39 is 11.7 Å². The van der Waals surface area contributed by atoms with Gasteiger partial charge in [0.15, 0.2) is 0 Å². The number of hydrogen-bond donors (Lipinski definition) is 1. The molecule has 0 unspecified atom stereocenters. The van der Waals surface area contributed by atoms with Crippen molar-refractivity contribution in [2.75, 3.05) is 5.32 Å². The minimum absolute atomic E-state index is 0.335. The van der Waals surface area contributed by atoms with Gasteiger partial charge in [0, 0.05) is 18.1 Å². The van der Waals surface area contributed by atoms with Gasteiger partial charge in [-0.3, -0.25) is 4.79 Å². The van der Waals surface area contributed by atoms with Crippen LogP contribution in [0, 0.1) is 0 Å². The molecule has 0 aliphatic heterocycles. The zero-order chi connectivity index (χ0) is 21.3. The normalized spacial score (nSPS) is 11.6. The Morgan fingerprint density at radius 3 is 2.30 bits per heavy atom. The van der Waals surface area contributed by atoms with Gasteiger partial charge in [-0.1, -0.05) is 54.1 Å². The Hall–Kier alpha value is -3.25. The SMILES string of the molecule is O=C(Nc1cn(Cc2ccc(C(F)(F)F)cc2)c2ccccc12)c1ccccc1Cl. The summed E-state index contributed by atoms with van der Waals surface area (Å²) in [6.07, 6.45) is -2.59. The summed E-state index contributed by atoms with van der Waals surface area (Å²) < 4.78 is 40.3. The Morgan fingerprint density at radius 1 is 0.933 bits per heavy atom. The third kappa shape index (κ3) is 4.04. The fourth-order valence-electron chi connectivity index (χ4n) is 3.31. The number of aromatic nitrogens is 1. The maximum absolute atomic E-state index is 12.8. The van der Waals surface area contributed by atoms with E-state index in [2.05, 4.69) is 5.32 Å². The van der Waals surface area contributed by atoms with Crippen molar-refractivity contribution in [1.29, 1.82) is 0 Å². The highest BCUT2D eigenvalue weighted by Gasteiger charge is 2.29. The highest BCUT2D eigenvalue weighted by Crippen LogP contribution is 2.30. The maximum atomic E-state index is 12.8. The van der Waals surface area contributed by atoms with E-state index in [-0.39, 0.29) is 5.91 Å². The predicted molar refractivity (Wildman–Crippen MR) is 112 cm³/mol. The van der Waals surface area contributed by atoms with Crippen LogP contribution in [0.3, 0.4) is 0 Å². The highest BCUT2D eigenvalue weighted by atomic mass is 35.5. The number of hydrogen-bond acceptors (Lipinski definition) is 1. The smallest absolute Gasteiger partial charge is 0.341 e. The van der Waals surface area contributed by atoms with E-state index in [0.717, 1.165) is 23.0 Å². The Morgan fingerprint density at radius 2 is 1.60 bits per heavy atom. The number of carbonyl (C=O) groups excluding carboxylic acids is 1. The number of carbonyl (C=O) groups is 1. The number of fused-ring (bicyclic) bond motifs is 1. The number of alkyl halides is 3. The van der Waals surface area contributed by atoms with E-state index in [1.807, 2.05) is 28.8 Å². The zero-order valence-electron chi connectivity index (χ0n) is 15.6. The number of para-hydroxylation sites is 1. The first-order valence-electron chi connectivity index (χ1n) is 9.13. The average Bonchev–Trinajstić information content (AvgIpc) is 3.05. The molecule has 4 rings (SSSR count). The molecule has 0 spiro atoms. The number of halogens is 4. The second kappa shape index (κ2) is 7.88. The number of rotatable bonds is 4. The third-order valence-corrected chi connectivity index (χ3v) is 5.12. The molecule has 3 aromatic carbocycles. The lowest BCUT2D eigenvalue weighted by Gasteiger charge is -2.09. The third-order valence-electron chi connectivity index (χ3n) is 4.79. The lowest BCUT2D eigenvalue weighted by atomic mass is 10.1. The summed E-state index contributed by atoms with van der Waals surface area (Å²) in [5, 5.41) is 4.06. The van der Waals surface area contributed by atoms with Crippen molar-refractivity contribution in [2.45, 2.75) is 12.7 Å². The van der Waals surface area contributed by atoms with Gasteiger partial charge in [-0.15, -0.1) is 0 Å². The number of nitrogens with one attached hydrogen (secondary N) is 1. The molecule has 0 aliphatic carbocycles. The van der Waals surface area contributed by atoms with Gasteiger partial charge in [0.25, 0.3) is 5.91 Å². The van der Waals surface area contributed by atoms with E-state index >= 15 is 0 Å². The van der Waals surface area contributed by atoms with Crippen molar-refractivity contribution in [1.82, 2.24) is 4.57 Å². The van der Waals surface area contributed by atoms with Gasteiger partial charge in [0.2, 0.25) is 0 Å². The van der Waals surface area contributed by atoms with Gasteiger partial charge in [-0.05, 0) is 35.9 Å². The van der Waals surface area contributed by atoms with Crippen molar-refractivity contribution in [3.8, 4) is 0 Å². The summed E-state index contributed by atoms with van der Waals surface area (Å²) in [7, 11) is 0. The Labute approximate surface area is 175 Å². The second-order valence-electron chi connectivity index (χ2n) is 6.82. The average molecular weight is 429 g/mol. The molecule has 0 aliphatic rings. The predicted octanol–water partition coefficient (Wildman–Crippen LogP) is 6.61. The first-order chi connectivity index (χ1) is 14.3. The molecule has 152 valence electrons. The quantitative estimate of drug-likeness (QED) is 0.389. The molecule has 4 aromatic rings. The molecule has 1 amide bonds. The molecule has 3 nitrogen and oxygen atoms in total. The summed E-state index contributed by atoms with van der Waals surface area (Å²) in [6, 6.07) is 19.3. The van der Waals surface area contributed by atoms with Crippen molar-refractivity contribution in [2.24, 2.45) is 0 Å². The molecule has 7 heteroatoms. The van der Waals surface area contributed by atoms with Crippen molar-refractivity contribution >= 4 is 34.1 Å². The van der Waals surface area contributed by atoms with E-state index in [0.29, 0.717) is 28.4 Å². The van der Waals surface area contributed by atoms with Crippen LogP contribution in [-0.4, -0.2) is 10.5 Å². The van der Waals surface area contributed by atoms with Crippen LogP contribution in [0.1, 0.15) is 21.5 Å². The first kappa shape index (κ1) is 20.0. The van der Waals surface area contributed by atoms with Crippen molar-refractivity contribution in [3.05, 3.63) is 101 Å². The minimum atomic E-state index is -4.37. The van der Waals surface area contributed by atoms with E-state index in [9.17, 15) is 18.0 Å². The molecule has 0 saturated heterocycles. The summed E-state index contributed by atoms with van der Waals surface area (Å²) in [6.45, 7) is 0.362. The summed E-state index contributed by atoms with van der Waals surface area (Å²) in [5.41, 5.74) is 1.84.